The molecule has 1 aromatic heterocycles. The van der Waals surface area contributed by atoms with Gasteiger partial charge in [0, 0.05) is 24.5 Å². The average molecular weight is 349 g/mol. The Hall–Kier alpha value is -3.08. The number of nitrogens with one attached hydrogen (secondary N) is 1. The molecule has 134 valence electrons. The largest absolute Gasteiger partial charge is 0.492 e. The molecule has 0 unspecified atom stereocenters. The lowest BCUT2D eigenvalue weighted by molar-refractivity contribution is 0.0947. The standard InChI is InChI=1S/C21H23N3O2/c1-2-17-5-9-20(10-6-17)26-14-12-23-21(25)19-7-3-18(4-8-19)15-24-13-11-22-16-24/h3-11,13,16H,2,12,14-15H2,1H3,(H,23,25). The Balaban J connectivity index is 1.42. The third kappa shape index (κ3) is 4.96. The first-order valence-electron chi connectivity index (χ1n) is 8.79. The summed E-state index contributed by atoms with van der Waals surface area (Å²) in [5.41, 5.74) is 3.05. The number of carbonyl (C=O) groups is 1. The molecule has 1 heterocycles. The summed E-state index contributed by atoms with van der Waals surface area (Å²) >= 11 is 0. The lowest BCUT2D eigenvalue weighted by atomic mass is 10.1. The van der Waals surface area contributed by atoms with Crippen LogP contribution in [-0.2, 0) is 13.0 Å². The van der Waals surface area contributed by atoms with Gasteiger partial charge in [0.2, 0.25) is 0 Å². The van der Waals surface area contributed by atoms with Gasteiger partial charge < -0.3 is 14.6 Å². The summed E-state index contributed by atoms with van der Waals surface area (Å²) in [6, 6.07) is 15.6. The normalized spacial score (nSPS) is 10.5. The third-order valence-electron chi connectivity index (χ3n) is 4.13. The van der Waals surface area contributed by atoms with E-state index in [1.807, 2.05) is 47.2 Å². The van der Waals surface area contributed by atoms with Gasteiger partial charge in [0.05, 0.1) is 12.9 Å². The summed E-state index contributed by atoms with van der Waals surface area (Å²) in [6.45, 7) is 3.77. The van der Waals surface area contributed by atoms with E-state index in [1.165, 1.54) is 5.56 Å². The fraction of sp³-hybridized carbons (Fsp3) is 0.238. The van der Waals surface area contributed by atoms with Crippen molar-refractivity contribution >= 4 is 5.91 Å². The first-order valence-corrected chi connectivity index (χ1v) is 8.79. The number of aromatic nitrogens is 2. The molecular weight excluding hydrogens is 326 g/mol. The average Bonchev–Trinajstić information content (AvgIpc) is 3.19. The summed E-state index contributed by atoms with van der Waals surface area (Å²) in [7, 11) is 0. The van der Waals surface area contributed by atoms with Crippen molar-refractivity contribution in [3.8, 4) is 5.75 Å². The predicted octanol–water partition coefficient (Wildman–Crippen LogP) is 3.30. The number of imidazole rings is 1. The van der Waals surface area contributed by atoms with Crippen molar-refractivity contribution in [1.82, 2.24) is 14.9 Å². The number of nitrogens with zero attached hydrogens (tertiary/aromatic N) is 2. The number of ether oxygens (including phenoxy) is 1. The maximum atomic E-state index is 12.2. The number of carbonyl (C=O) groups excluding carboxylic acids is 1. The lowest BCUT2D eigenvalue weighted by Crippen LogP contribution is -2.28. The Kier molecular flexibility index (Phi) is 6.04. The highest BCUT2D eigenvalue weighted by Gasteiger charge is 2.05. The zero-order valence-corrected chi connectivity index (χ0v) is 14.9. The molecule has 3 aromatic rings. The SMILES string of the molecule is CCc1ccc(OCCNC(=O)c2ccc(Cn3ccnc3)cc2)cc1. The van der Waals surface area contributed by atoms with Gasteiger partial charge in [-0.1, -0.05) is 31.2 Å². The van der Waals surface area contributed by atoms with Crippen LogP contribution in [0.3, 0.4) is 0 Å². The molecule has 5 nitrogen and oxygen atoms in total. The molecule has 0 fully saturated rings. The second-order valence-corrected chi connectivity index (χ2v) is 6.03. The molecule has 26 heavy (non-hydrogen) atoms. The van der Waals surface area contributed by atoms with Crippen LogP contribution >= 0.6 is 0 Å². The van der Waals surface area contributed by atoms with Gasteiger partial charge in [-0.15, -0.1) is 0 Å². The molecule has 0 radical (unpaired) electrons. The quantitative estimate of drug-likeness (QED) is 0.635. The van der Waals surface area contributed by atoms with E-state index in [2.05, 4.69) is 29.4 Å². The molecule has 0 aliphatic heterocycles. The Morgan fingerprint density at radius 3 is 2.46 bits per heavy atom. The molecule has 0 aliphatic carbocycles. The van der Waals surface area contributed by atoms with Crippen molar-refractivity contribution < 1.29 is 9.53 Å². The number of benzene rings is 2. The second kappa shape index (κ2) is 8.85. The molecule has 1 amide bonds. The van der Waals surface area contributed by atoms with Gasteiger partial charge in [-0.3, -0.25) is 4.79 Å². The Morgan fingerprint density at radius 1 is 1.08 bits per heavy atom. The number of hydrogen-bond acceptors (Lipinski definition) is 3. The van der Waals surface area contributed by atoms with Crippen LogP contribution in [0.1, 0.15) is 28.4 Å². The molecule has 3 rings (SSSR count). The second-order valence-electron chi connectivity index (χ2n) is 6.03. The zero-order chi connectivity index (χ0) is 18.2. The van der Waals surface area contributed by atoms with E-state index < -0.39 is 0 Å². The highest BCUT2D eigenvalue weighted by atomic mass is 16.5. The van der Waals surface area contributed by atoms with Crippen LogP contribution < -0.4 is 10.1 Å². The van der Waals surface area contributed by atoms with Crippen LogP contribution in [0.25, 0.3) is 0 Å². The summed E-state index contributed by atoms with van der Waals surface area (Å²) in [4.78, 5) is 16.2. The van der Waals surface area contributed by atoms with E-state index in [1.54, 1.807) is 12.5 Å². The van der Waals surface area contributed by atoms with Crippen molar-refractivity contribution in [2.75, 3.05) is 13.2 Å². The number of rotatable bonds is 8. The highest BCUT2D eigenvalue weighted by Crippen LogP contribution is 2.12. The fourth-order valence-electron chi connectivity index (χ4n) is 2.61. The highest BCUT2D eigenvalue weighted by molar-refractivity contribution is 5.94. The Bertz CT molecular complexity index is 809. The number of hydrogen-bond donors (Lipinski definition) is 1. The fourth-order valence-corrected chi connectivity index (χ4v) is 2.61. The molecule has 0 aliphatic rings. The van der Waals surface area contributed by atoms with Crippen LogP contribution in [0.4, 0.5) is 0 Å². The van der Waals surface area contributed by atoms with Crippen molar-refractivity contribution in [2.45, 2.75) is 19.9 Å². The minimum atomic E-state index is -0.0934. The molecule has 1 N–H and O–H groups in total. The van der Waals surface area contributed by atoms with E-state index in [9.17, 15) is 4.79 Å². The van der Waals surface area contributed by atoms with Crippen molar-refractivity contribution in [3.63, 3.8) is 0 Å². The van der Waals surface area contributed by atoms with E-state index >= 15 is 0 Å². The molecule has 5 heteroatoms. The summed E-state index contributed by atoms with van der Waals surface area (Å²) in [6.07, 6.45) is 6.45. The van der Waals surface area contributed by atoms with Crippen LogP contribution in [0.2, 0.25) is 0 Å². The van der Waals surface area contributed by atoms with Gasteiger partial charge in [-0.25, -0.2) is 4.98 Å². The van der Waals surface area contributed by atoms with E-state index in [0.717, 1.165) is 24.3 Å². The molecule has 0 atom stereocenters. The molecule has 0 saturated carbocycles. The topological polar surface area (TPSA) is 56.1 Å². The third-order valence-corrected chi connectivity index (χ3v) is 4.13. The number of aryl methyl sites for hydroxylation is 1. The van der Waals surface area contributed by atoms with Crippen LogP contribution in [0.15, 0.2) is 67.3 Å². The molecular formula is C21H23N3O2. The summed E-state index contributed by atoms with van der Waals surface area (Å²) in [5.74, 6) is 0.726. The van der Waals surface area contributed by atoms with Crippen molar-refractivity contribution in [3.05, 3.63) is 83.9 Å². The minimum absolute atomic E-state index is 0.0934. The summed E-state index contributed by atoms with van der Waals surface area (Å²) < 4.78 is 7.63. The molecule has 0 saturated heterocycles. The van der Waals surface area contributed by atoms with Gasteiger partial charge in [0.1, 0.15) is 12.4 Å². The lowest BCUT2D eigenvalue weighted by Gasteiger charge is -2.09. The van der Waals surface area contributed by atoms with Crippen LogP contribution in [-0.4, -0.2) is 28.6 Å². The molecule has 0 bridgehead atoms. The monoisotopic (exact) mass is 349 g/mol. The van der Waals surface area contributed by atoms with E-state index in [-0.39, 0.29) is 5.91 Å². The first-order chi connectivity index (χ1) is 12.7. The molecule has 2 aromatic carbocycles. The Morgan fingerprint density at radius 2 is 1.81 bits per heavy atom. The molecule has 0 spiro atoms. The van der Waals surface area contributed by atoms with Crippen molar-refractivity contribution in [1.29, 1.82) is 0 Å². The van der Waals surface area contributed by atoms with Gasteiger partial charge in [-0.2, -0.15) is 0 Å². The van der Waals surface area contributed by atoms with Crippen LogP contribution in [0, 0.1) is 0 Å². The smallest absolute Gasteiger partial charge is 0.251 e. The van der Waals surface area contributed by atoms with E-state index in [0.29, 0.717) is 18.7 Å². The first kappa shape index (κ1) is 17.7. The summed E-state index contributed by atoms with van der Waals surface area (Å²) in [5, 5.41) is 2.88. The van der Waals surface area contributed by atoms with Gasteiger partial charge >= 0.3 is 0 Å². The number of amides is 1. The minimum Gasteiger partial charge on any atom is -0.492 e. The maximum Gasteiger partial charge on any atom is 0.251 e. The van der Waals surface area contributed by atoms with Gasteiger partial charge in [0.15, 0.2) is 0 Å². The van der Waals surface area contributed by atoms with Crippen molar-refractivity contribution in [2.24, 2.45) is 0 Å². The maximum absolute atomic E-state index is 12.2. The van der Waals surface area contributed by atoms with Crippen LogP contribution in [0.5, 0.6) is 5.75 Å². The van der Waals surface area contributed by atoms with E-state index in [4.69, 9.17) is 4.74 Å². The van der Waals surface area contributed by atoms with Gasteiger partial charge in [-0.05, 0) is 41.8 Å². The van der Waals surface area contributed by atoms with Gasteiger partial charge in [0.25, 0.3) is 5.91 Å². The zero-order valence-electron chi connectivity index (χ0n) is 14.9. The predicted molar refractivity (Wildman–Crippen MR) is 101 cm³/mol. The Labute approximate surface area is 153 Å².